The Kier molecular flexibility index (Phi) is 11.2. The minimum absolute atomic E-state index is 0.0597. The van der Waals surface area contributed by atoms with E-state index in [0.717, 1.165) is 57.1 Å². The molecule has 0 aliphatic heterocycles. The van der Waals surface area contributed by atoms with E-state index in [4.69, 9.17) is 25.7 Å². The van der Waals surface area contributed by atoms with Gasteiger partial charge in [0.25, 0.3) is 0 Å². The van der Waals surface area contributed by atoms with Crippen LogP contribution < -0.4 is 11.5 Å². The molecule has 3 rings (SSSR count). The number of carbonyl (C=O) groups excluding carboxylic acids is 2. The summed E-state index contributed by atoms with van der Waals surface area (Å²) < 4.78 is 16.9. The molecule has 7 nitrogen and oxygen atoms in total. The number of unbranched alkanes of at least 4 members (excludes halogenated alkanes) is 3. The summed E-state index contributed by atoms with van der Waals surface area (Å²) in [6.07, 6.45) is 13.0. The molecule has 0 aromatic heterocycles. The molecule has 0 unspecified atom stereocenters. The number of ether oxygens (including phenoxy) is 3. The summed E-state index contributed by atoms with van der Waals surface area (Å²) in [5.74, 6) is -0.824. The number of esters is 2. The van der Waals surface area contributed by atoms with E-state index in [1.54, 1.807) is 48.5 Å². The molecule has 198 valence electrons. The van der Waals surface area contributed by atoms with E-state index in [2.05, 4.69) is 6.58 Å². The summed E-state index contributed by atoms with van der Waals surface area (Å²) in [5, 5.41) is 0. The molecule has 0 atom stereocenters. The monoisotopic (exact) mass is 506 g/mol. The van der Waals surface area contributed by atoms with Crippen molar-refractivity contribution in [3.8, 4) is 0 Å². The zero-order valence-corrected chi connectivity index (χ0v) is 21.4. The number of allylic oxidation sites excluding steroid dienone is 1. The first kappa shape index (κ1) is 28.0. The molecular weight excluding hydrogens is 468 g/mol. The molecule has 4 N–H and O–H groups in total. The van der Waals surface area contributed by atoms with Crippen LogP contribution in [0.4, 0.5) is 11.4 Å². The predicted molar refractivity (Wildman–Crippen MR) is 147 cm³/mol. The van der Waals surface area contributed by atoms with E-state index in [1.807, 2.05) is 6.08 Å². The Morgan fingerprint density at radius 2 is 1.68 bits per heavy atom. The van der Waals surface area contributed by atoms with Crippen molar-refractivity contribution in [3.63, 3.8) is 0 Å². The van der Waals surface area contributed by atoms with E-state index >= 15 is 0 Å². The maximum atomic E-state index is 12.6. The molecule has 0 heterocycles. The first-order valence-corrected chi connectivity index (χ1v) is 13.0. The second kappa shape index (κ2) is 14.9. The number of nitrogen functional groups attached to an aromatic ring is 2. The largest absolute Gasteiger partial charge is 0.459 e. The first-order chi connectivity index (χ1) is 17.9. The van der Waals surface area contributed by atoms with Crippen LogP contribution in [0, 0.1) is 0 Å². The minimum Gasteiger partial charge on any atom is -0.459 e. The molecule has 2 aromatic carbocycles. The topological polar surface area (TPSA) is 114 Å². The second-order valence-corrected chi connectivity index (χ2v) is 9.33. The minimum atomic E-state index is -0.494. The summed E-state index contributed by atoms with van der Waals surface area (Å²) in [4.78, 5) is 24.6. The third-order valence-corrected chi connectivity index (χ3v) is 6.40. The van der Waals surface area contributed by atoms with Crippen molar-refractivity contribution < 1.29 is 23.8 Å². The van der Waals surface area contributed by atoms with E-state index in [0.29, 0.717) is 22.5 Å². The fourth-order valence-electron chi connectivity index (χ4n) is 4.19. The Hall–Kier alpha value is -3.58. The average Bonchev–Trinajstić information content (AvgIpc) is 2.90. The molecule has 0 spiro atoms. The third-order valence-electron chi connectivity index (χ3n) is 6.40. The van der Waals surface area contributed by atoms with Crippen molar-refractivity contribution >= 4 is 29.4 Å². The van der Waals surface area contributed by atoms with Gasteiger partial charge in [0.15, 0.2) is 0 Å². The number of nitrogens with two attached hydrogens (primary N) is 2. The van der Waals surface area contributed by atoms with Crippen LogP contribution in [0.15, 0.2) is 61.2 Å². The molecule has 1 aliphatic carbocycles. The van der Waals surface area contributed by atoms with E-state index in [-0.39, 0.29) is 24.8 Å². The maximum Gasteiger partial charge on any atom is 0.338 e. The van der Waals surface area contributed by atoms with Gasteiger partial charge in [0.05, 0.1) is 11.7 Å². The molecule has 0 bridgehead atoms. The van der Waals surface area contributed by atoms with Crippen LogP contribution in [0.5, 0.6) is 0 Å². The Bertz CT molecular complexity index is 1060. The fourth-order valence-corrected chi connectivity index (χ4v) is 4.19. The highest BCUT2D eigenvalue weighted by Gasteiger charge is 2.24. The Balaban J connectivity index is 1.36. The molecule has 0 radical (unpaired) electrons. The Labute approximate surface area is 219 Å². The fraction of sp³-hybridized carbons (Fsp3) is 0.400. The Morgan fingerprint density at radius 1 is 0.946 bits per heavy atom. The second-order valence-electron chi connectivity index (χ2n) is 9.33. The summed E-state index contributed by atoms with van der Waals surface area (Å²) in [7, 11) is 0. The van der Waals surface area contributed by atoms with Gasteiger partial charge in [0, 0.05) is 29.6 Å². The van der Waals surface area contributed by atoms with Gasteiger partial charge in [-0.2, -0.15) is 0 Å². The Morgan fingerprint density at radius 3 is 2.38 bits per heavy atom. The van der Waals surface area contributed by atoms with Crippen molar-refractivity contribution in [2.75, 3.05) is 18.1 Å². The standard InChI is InChI=1S/C30H38N2O5/c1-2-3-4-5-6-19-35-26-14-16-27(17-15-26)37-30(34)23-10-7-22(8-11-23)9-18-29(33)36-21-24-12-13-25(31)20-28(24)32/h2,7-13,18,20,26-27H,1,3-6,14-17,19,21,31-32H2/b18-9+. The zero-order chi connectivity index (χ0) is 26.5. The normalized spacial score (nSPS) is 17.4. The smallest absolute Gasteiger partial charge is 0.338 e. The molecule has 1 aliphatic rings. The molecule has 1 saturated carbocycles. The number of hydrogen-bond donors (Lipinski definition) is 2. The lowest BCUT2D eigenvalue weighted by Gasteiger charge is -2.28. The maximum absolute atomic E-state index is 12.6. The number of rotatable bonds is 13. The number of carbonyl (C=O) groups is 2. The van der Waals surface area contributed by atoms with Crippen LogP contribution in [0.1, 0.15) is 72.9 Å². The van der Waals surface area contributed by atoms with Crippen LogP contribution in [-0.4, -0.2) is 30.8 Å². The number of hydrogen-bond acceptors (Lipinski definition) is 7. The highest BCUT2D eigenvalue weighted by Crippen LogP contribution is 2.25. The third kappa shape index (κ3) is 9.77. The molecular formula is C30H38N2O5. The summed E-state index contributed by atoms with van der Waals surface area (Å²) in [5.41, 5.74) is 14.5. The van der Waals surface area contributed by atoms with E-state index in [1.165, 1.54) is 12.5 Å². The molecule has 1 fully saturated rings. The average molecular weight is 507 g/mol. The van der Waals surface area contributed by atoms with Gasteiger partial charge in [-0.3, -0.25) is 0 Å². The zero-order valence-electron chi connectivity index (χ0n) is 21.4. The van der Waals surface area contributed by atoms with Gasteiger partial charge >= 0.3 is 11.9 Å². The van der Waals surface area contributed by atoms with Gasteiger partial charge in [0.2, 0.25) is 0 Å². The molecule has 7 heteroatoms. The lowest BCUT2D eigenvalue weighted by molar-refractivity contribution is -0.138. The number of anilines is 2. The van der Waals surface area contributed by atoms with Crippen molar-refractivity contribution in [2.24, 2.45) is 0 Å². The van der Waals surface area contributed by atoms with Crippen LogP contribution in [-0.2, 0) is 25.6 Å². The quantitative estimate of drug-likeness (QED) is 0.115. The molecule has 2 aromatic rings. The van der Waals surface area contributed by atoms with E-state index in [9.17, 15) is 9.59 Å². The summed E-state index contributed by atoms with van der Waals surface area (Å²) in [6.45, 7) is 4.60. The van der Waals surface area contributed by atoms with Gasteiger partial charge in [-0.15, -0.1) is 6.58 Å². The van der Waals surface area contributed by atoms with E-state index < -0.39 is 5.97 Å². The number of benzene rings is 2. The van der Waals surface area contributed by atoms with Crippen LogP contribution in [0.2, 0.25) is 0 Å². The van der Waals surface area contributed by atoms with Gasteiger partial charge in [-0.1, -0.05) is 30.7 Å². The van der Waals surface area contributed by atoms with Crippen molar-refractivity contribution in [1.82, 2.24) is 0 Å². The SMILES string of the molecule is C=CCCCCCOC1CCC(OC(=O)c2ccc(/C=C/C(=O)OCc3ccc(N)cc3N)cc2)CC1. The molecule has 37 heavy (non-hydrogen) atoms. The van der Waals surface area contributed by atoms with Gasteiger partial charge in [-0.05, 0) is 80.9 Å². The highest BCUT2D eigenvalue weighted by molar-refractivity contribution is 5.90. The molecule has 0 amide bonds. The lowest BCUT2D eigenvalue weighted by Crippen LogP contribution is -2.28. The van der Waals surface area contributed by atoms with Gasteiger partial charge in [0.1, 0.15) is 12.7 Å². The lowest BCUT2D eigenvalue weighted by atomic mass is 9.95. The van der Waals surface area contributed by atoms with Crippen molar-refractivity contribution in [1.29, 1.82) is 0 Å². The van der Waals surface area contributed by atoms with Crippen molar-refractivity contribution in [3.05, 3.63) is 77.9 Å². The summed E-state index contributed by atoms with van der Waals surface area (Å²) in [6, 6.07) is 12.0. The first-order valence-electron chi connectivity index (χ1n) is 13.0. The van der Waals surface area contributed by atoms with Crippen molar-refractivity contribution in [2.45, 2.75) is 70.2 Å². The molecule has 0 saturated heterocycles. The predicted octanol–water partition coefficient (Wildman–Crippen LogP) is 5.84. The summed E-state index contributed by atoms with van der Waals surface area (Å²) >= 11 is 0. The highest BCUT2D eigenvalue weighted by atomic mass is 16.5. The van der Waals surface area contributed by atoms with Crippen LogP contribution in [0.25, 0.3) is 6.08 Å². The van der Waals surface area contributed by atoms with Gasteiger partial charge < -0.3 is 25.7 Å². The van der Waals surface area contributed by atoms with Crippen LogP contribution in [0.3, 0.4) is 0 Å². The van der Waals surface area contributed by atoms with Gasteiger partial charge in [-0.25, -0.2) is 9.59 Å². The van der Waals surface area contributed by atoms with Crippen LogP contribution >= 0.6 is 0 Å².